The van der Waals surface area contributed by atoms with Crippen molar-refractivity contribution in [1.82, 2.24) is 5.32 Å². The number of ether oxygens (including phenoxy) is 3. The van der Waals surface area contributed by atoms with Crippen LogP contribution < -0.4 is 10.1 Å². The van der Waals surface area contributed by atoms with Gasteiger partial charge in [-0.25, -0.2) is 0 Å². The smallest absolute Gasteiger partial charge is 0.119 e. The molecule has 0 aromatic heterocycles. The van der Waals surface area contributed by atoms with Gasteiger partial charge in [0.2, 0.25) is 0 Å². The molecule has 0 spiro atoms. The van der Waals surface area contributed by atoms with E-state index in [1.807, 2.05) is 26.0 Å². The van der Waals surface area contributed by atoms with Crippen LogP contribution in [0, 0.1) is 0 Å². The molecule has 120 valence electrons. The fourth-order valence-corrected chi connectivity index (χ4v) is 1.90. The number of rotatable bonds is 12. The van der Waals surface area contributed by atoms with Crippen LogP contribution >= 0.6 is 0 Å². The van der Waals surface area contributed by atoms with E-state index in [0.717, 1.165) is 31.9 Å². The summed E-state index contributed by atoms with van der Waals surface area (Å²) in [6.07, 6.45) is 1.26. The fourth-order valence-electron chi connectivity index (χ4n) is 1.90. The van der Waals surface area contributed by atoms with E-state index in [9.17, 15) is 0 Å². The van der Waals surface area contributed by atoms with E-state index in [2.05, 4.69) is 24.4 Å². The van der Waals surface area contributed by atoms with Crippen molar-refractivity contribution in [2.24, 2.45) is 0 Å². The van der Waals surface area contributed by atoms with Crippen LogP contribution in [0.15, 0.2) is 24.3 Å². The van der Waals surface area contributed by atoms with Gasteiger partial charge in [-0.3, -0.25) is 0 Å². The summed E-state index contributed by atoms with van der Waals surface area (Å²) in [5, 5.41) is 3.39. The summed E-state index contributed by atoms with van der Waals surface area (Å²) in [5.74, 6) is 0.895. The lowest BCUT2D eigenvalue weighted by Crippen LogP contribution is -2.19. The first-order chi connectivity index (χ1) is 10.3. The summed E-state index contributed by atoms with van der Waals surface area (Å²) in [7, 11) is 0. The average molecular weight is 295 g/mol. The molecule has 0 fully saturated rings. The molecule has 21 heavy (non-hydrogen) atoms. The van der Waals surface area contributed by atoms with Crippen molar-refractivity contribution in [1.29, 1.82) is 0 Å². The number of hydrogen-bond donors (Lipinski definition) is 1. The zero-order valence-corrected chi connectivity index (χ0v) is 13.6. The standard InChI is InChI=1S/C17H29NO3/c1-4-9-18-13-16-7-6-8-17(12-16)21-11-10-20-15(3)14-19-5-2/h6-8,12,15,18H,4-5,9-11,13-14H2,1-3H3. The van der Waals surface area contributed by atoms with Gasteiger partial charge in [0.25, 0.3) is 0 Å². The number of benzene rings is 1. The maximum atomic E-state index is 5.71. The molecule has 4 heteroatoms. The van der Waals surface area contributed by atoms with Crippen molar-refractivity contribution in [3.8, 4) is 5.75 Å². The van der Waals surface area contributed by atoms with Crippen molar-refractivity contribution in [2.45, 2.75) is 39.8 Å². The Morgan fingerprint density at radius 2 is 2.05 bits per heavy atom. The molecular weight excluding hydrogens is 266 g/mol. The average Bonchev–Trinajstić information content (AvgIpc) is 2.50. The summed E-state index contributed by atoms with van der Waals surface area (Å²) < 4.78 is 16.6. The monoisotopic (exact) mass is 295 g/mol. The topological polar surface area (TPSA) is 39.7 Å². The van der Waals surface area contributed by atoms with E-state index in [1.165, 1.54) is 5.56 Å². The summed E-state index contributed by atoms with van der Waals surface area (Å²) in [6.45, 7) is 10.6. The molecule has 0 aliphatic heterocycles. The van der Waals surface area contributed by atoms with E-state index < -0.39 is 0 Å². The minimum Gasteiger partial charge on any atom is -0.491 e. The Balaban J connectivity index is 2.21. The van der Waals surface area contributed by atoms with Gasteiger partial charge < -0.3 is 19.5 Å². The second-order valence-electron chi connectivity index (χ2n) is 5.01. The van der Waals surface area contributed by atoms with Gasteiger partial charge in [-0.1, -0.05) is 19.1 Å². The second-order valence-corrected chi connectivity index (χ2v) is 5.01. The van der Waals surface area contributed by atoms with Gasteiger partial charge in [0.15, 0.2) is 0 Å². The summed E-state index contributed by atoms with van der Waals surface area (Å²) in [5.41, 5.74) is 1.24. The Morgan fingerprint density at radius 3 is 2.81 bits per heavy atom. The molecule has 0 aliphatic rings. The van der Waals surface area contributed by atoms with E-state index in [0.29, 0.717) is 19.8 Å². The minimum atomic E-state index is 0.109. The van der Waals surface area contributed by atoms with Gasteiger partial charge in [-0.2, -0.15) is 0 Å². The Labute approximate surface area is 128 Å². The first-order valence-electron chi connectivity index (χ1n) is 7.88. The molecule has 0 bridgehead atoms. The highest BCUT2D eigenvalue weighted by Crippen LogP contribution is 2.13. The van der Waals surface area contributed by atoms with E-state index >= 15 is 0 Å². The van der Waals surface area contributed by atoms with Crippen molar-refractivity contribution < 1.29 is 14.2 Å². The zero-order chi connectivity index (χ0) is 15.3. The van der Waals surface area contributed by atoms with Crippen LogP contribution in [0.2, 0.25) is 0 Å². The Kier molecular flexibility index (Phi) is 9.87. The van der Waals surface area contributed by atoms with Gasteiger partial charge in [0, 0.05) is 13.2 Å². The predicted molar refractivity (Wildman–Crippen MR) is 85.8 cm³/mol. The Morgan fingerprint density at radius 1 is 1.19 bits per heavy atom. The summed E-state index contributed by atoms with van der Waals surface area (Å²) >= 11 is 0. The third-order valence-corrected chi connectivity index (χ3v) is 2.97. The van der Waals surface area contributed by atoms with Gasteiger partial charge in [0.1, 0.15) is 12.4 Å². The molecule has 0 heterocycles. The second kappa shape index (κ2) is 11.5. The molecule has 1 rings (SSSR count). The third kappa shape index (κ3) is 8.71. The zero-order valence-electron chi connectivity index (χ0n) is 13.6. The largest absolute Gasteiger partial charge is 0.491 e. The van der Waals surface area contributed by atoms with E-state index in [-0.39, 0.29) is 6.10 Å². The highest BCUT2D eigenvalue weighted by Gasteiger charge is 2.02. The van der Waals surface area contributed by atoms with Gasteiger partial charge in [0.05, 0.1) is 19.3 Å². The van der Waals surface area contributed by atoms with Crippen molar-refractivity contribution in [2.75, 3.05) is 33.0 Å². The molecule has 0 saturated heterocycles. The van der Waals surface area contributed by atoms with E-state index in [4.69, 9.17) is 14.2 Å². The molecule has 0 amide bonds. The van der Waals surface area contributed by atoms with Gasteiger partial charge >= 0.3 is 0 Å². The van der Waals surface area contributed by atoms with Crippen LogP contribution in [0.3, 0.4) is 0 Å². The Hall–Kier alpha value is -1.10. The highest BCUT2D eigenvalue weighted by atomic mass is 16.5. The lowest BCUT2D eigenvalue weighted by Gasteiger charge is -2.13. The Bertz CT molecular complexity index is 371. The van der Waals surface area contributed by atoms with Gasteiger partial charge in [-0.05, 0) is 44.5 Å². The summed E-state index contributed by atoms with van der Waals surface area (Å²) in [6, 6.07) is 8.19. The molecule has 1 aromatic carbocycles. The number of hydrogen-bond acceptors (Lipinski definition) is 4. The molecule has 1 aromatic rings. The van der Waals surface area contributed by atoms with E-state index in [1.54, 1.807) is 0 Å². The third-order valence-electron chi connectivity index (χ3n) is 2.97. The molecule has 1 N–H and O–H groups in total. The molecule has 4 nitrogen and oxygen atoms in total. The number of nitrogens with one attached hydrogen (secondary N) is 1. The van der Waals surface area contributed by atoms with Crippen LogP contribution in [0.4, 0.5) is 0 Å². The SMILES string of the molecule is CCCNCc1cccc(OCCOC(C)COCC)c1. The molecule has 1 atom stereocenters. The van der Waals surface area contributed by atoms with Crippen LogP contribution in [0.25, 0.3) is 0 Å². The molecular formula is C17H29NO3. The predicted octanol–water partition coefficient (Wildman–Crippen LogP) is 3.01. The van der Waals surface area contributed by atoms with Crippen molar-refractivity contribution in [3.05, 3.63) is 29.8 Å². The van der Waals surface area contributed by atoms with Crippen molar-refractivity contribution >= 4 is 0 Å². The minimum absolute atomic E-state index is 0.109. The lowest BCUT2D eigenvalue weighted by atomic mass is 10.2. The highest BCUT2D eigenvalue weighted by molar-refractivity contribution is 5.28. The molecule has 0 aliphatic carbocycles. The van der Waals surface area contributed by atoms with Gasteiger partial charge in [-0.15, -0.1) is 0 Å². The van der Waals surface area contributed by atoms with Crippen LogP contribution in [-0.4, -0.2) is 39.1 Å². The maximum Gasteiger partial charge on any atom is 0.119 e. The quantitative estimate of drug-likeness (QED) is 0.602. The summed E-state index contributed by atoms with van der Waals surface area (Å²) in [4.78, 5) is 0. The molecule has 0 radical (unpaired) electrons. The lowest BCUT2D eigenvalue weighted by molar-refractivity contribution is -0.0128. The molecule has 1 unspecified atom stereocenters. The van der Waals surface area contributed by atoms with Crippen LogP contribution in [0.5, 0.6) is 5.75 Å². The first kappa shape index (κ1) is 18.0. The van der Waals surface area contributed by atoms with Crippen LogP contribution in [-0.2, 0) is 16.0 Å². The first-order valence-corrected chi connectivity index (χ1v) is 7.88. The van der Waals surface area contributed by atoms with Crippen LogP contribution in [0.1, 0.15) is 32.8 Å². The van der Waals surface area contributed by atoms with Crippen molar-refractivity contribution in [3.63, 3.8) is 0 Å². The maximum absolute atomic E-state index is 5.71. The molecule has 0 saturated carbocycles. The fraction of sp³-hybridized carbons (Fsp3) is 0.647. The normalized spacial score (nSPS) is 12.3.